The topological polar surface area (TPSA) is 55.6 Å². The van der Waals surface area contributed by atoms with E-state index in [1.807, 2.05) is 36.9 Å². The van der Waals surface area contributed by atoms with Gasteiger partial charge in [0.05, 0.1) is 18.8 Å². The standard InChI is InChI=1S/C18H22N2O3/c1-12-16(13(2)23-19-12)7-8-18(21)20-10-9-17(20)14-5-4-6-15(11-14)22-3/h4-6,11,17H,7-10H2,1-3H3. The first-order chi connectivity index (χ1) is 11.1. The first-order valence-corrected chi connectivity index (χ1v) is 7.95. The van der Waals surface area contributed by atoms with E-state index in [4.69, 9.17) is 9.26 Å². The summed E-state index contributed by atoms with van der Waals surface area (Å²) in [6, 6.07) is 8.13. The Morgan fingerprint density at radius 2 is 2.26 bits per heavy atom. The van der Waals surface area contributed by atoms with Crippen LogP contribution in [0.15, 0.2) is 28.8 Å². The zero-order valence-corrected chi connectivity index (χ0v) is 13.8. The number of aryl methyl sites for hydroxylation is 2. The van der Waals surface area contributed by atoms with Crippen LogP contribution in [-0.2, 0) is 11.2 Å². The minimum Gasteiger partial charge on any atom is -0.497 e. The van der Waals surface area contributed by atoms with E-state index in [2.05, 4.69) is 11.2 Å². The molecule has 23 heavy (non-hydrogen) atoms. The zero-order valence-electron chi connectivity index (χ0n) is 13.8. The number of carbonyl (C=O) groups is 1. The lowest BCUT2D eigenvalue weighted by Gasteiger charge is -2.41. The van der Waals surface area contributed by atoms with Crippen molar-refractivity contribution >= 4 is 5.91 Å². The smallest absolute Gasteiger partial charge is 0.223 e. The van der Waals surface area contributed by atoms with Gasteiger partial charge in [-0.05, 0) is 44.4 Å². The average Bonchev–Trinajstić information content (AvgIpc) is 2.83. The van der Waals surface area contributed by atoms with Gasteiger partial charge >= 0.3 is 0 Å². The number of ether oxygens (including phenoxy) is 1. The summed E-state index contributed by atoms with van der Waals surface area (Å²) in [6.07, 6.45) is 2.18. The van der Waals surface area contributed by atoms with Crippen molar-refractivity contribution in [3.8, 4) is 5.75 Å². The molecule has 2 aromatic rings. The van der Waals surface area contributed by atoms with Gasteiger partial charge in [-0.25, -0.2) is 0 Å². The van der Waals surface area contributed by atoms with Crippen LogP contribution in [0.4, 0.5) is 0 Å². The molecule has 0 spiro atoms. The molecule has 0 bridgehead atoms. The van der Waals surface area contributed by atoms with E-state index in [9.17, 15) is 4.79 Å². The van der Waals surface area contributed by atoms with Crippen molar-refractivity contribution in [3.05, 3.63) is 46.8 Å². The average molecular weight is 314 g/mol. The van der Waals surface area contributed by atoms with Gasteiger partial charge < -0.3 is 14.2 Å². The number of hydrogen-bond acceptors (Lipinski definition) is 4. The van der Waals surface area contributed by atoms with Gasteiger partial charge in [-0.3, -0.25) is 4.79 Å². The fraction of sp³-hybridized carbons (Fsp3) is 0.444. The van der Waals surface area contributed by atoms with E-state index >= 15 is 0 Å². The van der Waals surface area contributed by atoms with Crippen LogP contribution in [0.1, 0.15) is 41.5 Å². The van der Waals surface area contributed by atoms with Gasteiger partial charge in [0.1, 0.15) is 11.5 Å². The van der Waals surface area contributed by atoms with E-state index in [-0.39, 0.29) is 11.9 Å². The molecule has 1 aliphatic rings. The number of carbonyl (C=O) groups excluding carboxylic acids is 1. The number of nitrogens with zero attached hydrogens (tertiary/aromatic N) is 2. The Labute approximate surface area is 136 Å². The molecule has 1 fully saturated rings. The lowest BCUT2D eigenvalue weighted by atomic mass is 9.93. The Morgan fingerprint density at radius 3 is 2.87 bits per heavy atom. The molecule has 5 heteroatoms. The maximum Gasteiger partial charge on any atom is 0.223 e. The summed E-state index contributed by atoms with van der Waals surface area (Å²) in [6.45, 7) is 4.63. The van der Waals surface area contributed by atoms with Crippen LogP contribution in [0, 0.1) is 13.8 Å². The minimum atomic E-state index is 0.169. The second-order valence-electron chi connectivity index (χ2n) is 5.97. The highest BCUT2D eigenvalue weighted by molar-refractivity contribution is 5.78. The highest BCUT2D eigenvalue weighted by atomic mass is 16.5. The molecule has 3 rings (SSSR count). The van der Waals surface area contributed by atoms with E-state index in [1.54, 1.807) is 7.11 Å². The molecule has 122 valence electrons. The van der Waals surface area contributed by atoms with Gasteiger partial charge in [-0.1, -0.05) is 17.3 Å². The zero-order chi connectivity index (χ0) is 16.4. The summed E-state index contributed by atoms with van der Waals surface area (Å²) < 4.78 is 10.4. The minimum absolute atomic E-state index is 0.169. The molecule has 1 aromatic heterocycles. The fourth-order valence-corrected chi connectivity index (χ4v) is 3.12. The maximum absolute atomic E-state index is 12.5. The monoisotopic (exact) mass is 314 g/mol. The second kappa shape index (κ2) is 6.44. The van der Waals surface area contributed by atoms with Crippen LogP contribution in [0.2, 0.25) is 0 Å². The number of benzene rings is 1. The predicted molar refractivity (Wildman–Crippen MR) is 86.4 cm³/mol. The van der Waals surface area contributed by atoms with Crippen molar-refractivity contribution in [3.63, 3.8) is 0 Å². The molecule has 1 saturated heterocycles. The molecular weight excluding hydrogens is 292 g/mol. The summed E-state index contributed by atoms with van der Waals surface area (Å²) in [7, 11) is 1.66. The first kappa shape index (κ1) is 15.6. The van der Waals surface area contributed by atoms with Gasteiger partial charge in [0.2, 0.25) is 5.91 Å². The number of rotatable bonds is 5. The normalized spacial score (nSPS) is 17.0. The molecule has 1 atom stereocenters. The van der Waals surface area contributed by atoms with E-state index in [1.165, 1.54) is 0 Å². The van der Waals surface area contributed by atoms with Crippen molar-refractivity contribution in [2.24, 2.45) is 0 Å². The molecule has 0 aliphatic carbocycles. The molecule has 5 nitrogen and oxygen atoms in total. The first-order valence-electron chi connectivity index (χ1n) is 7.95. The summed E-state index contributed by atoms with van der Waals surface area (Å²) in [5.74, 6) is 1.82. The molecule has 0 radical (unpaired) electrons. The van der Waals surface area contributed by atoms with Crippen molar-refractivity contribution in [2.45, 2.75) is 39.2 Å². The van der Waals surface area contributed by atoms with Crippen LogP contribution < -0.4 is 4.74 Å². The molecule has 0 N–H and O–H groups in total. The summed E-state index contributed by atoms with van der Waals surface area (Å²) in [5, 5.41) is 3.94. The van der Waals surface area contributed by atoms with Crippen LogP contribution in [-0.4, -0.2) is 29.6 Å². The van der Waals surface area contributed by atoms with Gasteiger partial charge in [0.15, 0.2) is 0 Å². The Kier molecular flexibility index (Phi) is 4.37. The van der Waals surface area contributed by atoms with Crippen LogP contribution in [0.5, 0.6) is 5.75 Å². The molecule has 1 aliphatic heterocycles. The summed E-state index contributed by atoms with van der Waals surface area (Å²) in [4.78, 5) is 14.5. The molecule has 1 aromatic carbocycles. The lowest BCUT2D eigenvalue weighted by molar-refractivity contribution is -0.139. The van der Waals surface area contributed by atoms with Gasteiger partial charge in [0.25, 0.3) is 0 Å². The van der Waals surface area contributed by atoms with Crippen molar-refractivity contribution in [2.75, 3.05) is 13.7 Å². The Morgan fingerprint density at radius 1 is 1.43 bits per heavy atom. The fourth-order valence-electron chi connectivity index (χ4n) is 3.12. The number of methoxy groups -OCH3 is 1. The quantitative estimate of drug-likeness (QED) is 0.850. The van der Waals surface area contributed by atoms with E-state index in [0.29, 0.717) is 12.8 Å². The Hall–Kier alpha value is -2.30. The summed E-state index contributed by atoms with van der Waals surface area (Å²) >= 11 is 0. The van der Waals surface area contributed by atoms with Crippen molar-refractivity contribution in [1.29, 1.82) is 0 Å². The Balaban J connectivity index is 1.64. The Bertz CT molecular complexity index is 689. The maximum atomic E-state index is 12.5. The molecule has 0 saturated carbocycles. The number of amides is 1. The van der Waals surface area contributed by atoms with Gasteiger partial charge in [-0.15, -0.1) is 0 Å². The second-order valence-corrected chi connectivity index (χ2v) is 5.97. The number of hydrogen-bond donors (Lipinski definition) is 0. The third-order valence-corrected chi connectivity index (χ3v) is 4.59. The van der Waals surface area contributed by atoms with Crippen LogP contribution >= 0.6 is 0 Å². The molecule has 2 heterocycles. The molecular formula is C18H22N2O3. The van der Waals surface area contributed by atoms with Crippen molar-refractivity contribution < 1.29 is 14.1 Å². The highest BCUT2D eigenvalue weighted by Gasteiger charge is 2.33. The molecule has 1 amide bonds. The van der Waals surface area contributed by atoms with E-state index in [0.717, 1.165) is 41.3 Å². The largest absolute Gasteiger partial charge is 0.497 e. The van der Waals surface area contributed by atoms with Crippen LogP contribution in [0.3, 0.4) is 0 Å². The van der Waals surface area contributed by atoms with E-state index < -0.39 is 0 Å². The SMILES string of the molecule is COc1cccc(C2CCN2C(=O)CCc2c(C)noc2C)c1. The predicted octanol–water partition coefficient (Wildman–Crippen LogP) is 3.21. The lowest BCUT2D eigenvalue weighted by Crippen LogP contribution is -2.45. The number of likely N-dealkylation sites (tertiary alicyclic amines) is 1. The van der Waals surface area contributed by atoms with Crippen molar-refractivity contribution in [1.82, 2.24) is 10.1 Å². The highest BCUT2D eigenvalue weighted by Crippen LogP contribution is 2.35. The van der Waals surface area contributed by atoms with Gasteiger partial charge in [-0.2, -0.15) is 0 Å². The number of aromatic nitrogens is 1. The van der Waals surface area contributed by atoms with Crippen LogP contribution in [0.25, 0.3) is 0 Å². The molecule has 1 unspecified atom stereocenters. The van der Waals surface area contributed by atoms with Gasteiger partial charge in [0, 0.05) is 18.5 Å². The third-order valence-electron chi connectivity index (χ3n) is 4.59. The third kappa shape index (κ3) is 3.09. The summed E-state index contributed by atoms with van der Waals surface area (Å²) in [5.41, 5.74) is 3.07.